The second-order valence-corrected chi connectivity index (χ2v) is 10.9. The van der Waals surface area contributed by atoms with Crippen LogP contribution in [0.4, 0.5) is 0 Å². The average Bonchev–Trinajstić information content (AvgIpc) is 3.50. The number of amides is 3. The molecule has 5 rings (SSSR count). The molecule has 9 heteroatoms. The zero-order valence-electron chi connectivity index (χ0n) is 21.3. The normalized spacial score (nSPS) is 19.1. The number of fused-ring (bicyclic) bond motifs is 1. The van der Waals surface area contributed by atoms with Crippen molar-refractivity contribution in [2.24, 2.45) is 0 Å². The van der Waals surface area contributed by atoms with E-state index in [0.717, 1.165) is 15.6 Å². The molecule has 3 aromatic rings. The van der Waals surface area contributed by atoms with Crippen LogP contribution in [-0.2, 0) is 16.0 Å². The number of hydrogen-bond donors (Lipinski definition) is 2. The minimum atomic E-state index is -0.950. The van der Waals surface area contributed by atoms with Gasteiger partial charge < -0.3 is 20.2 Å². The molecule has 200 valence electrons. The Morgan fingerprint density at radius 3 is 2.49 bits per heavy atom. The molecule has 0 bridgehead atoms. The van der Waals surface area contributed by atoms with Gasteiger partial charge in [0.15, 0.2) is 5.78 Å². The molecule has 0 saturated carbocycles. The van der Waals surface area contributed by atoms with Crippen molar-refractivity contribution in [2.75, 3.05) is 13.1 Å². The van der Waals surface area contributed by atoms with Crippen LogP contribution in [0.2, 0.25) is 0 Å². The third-order valence-electron chi connectivity index (χ3n) is 7.41. The first-order chi connectivity index (χ1) is 18.7. The molecular weight excluding hydrogens is 562 g/mol. The van der Waals surface area contributed by atoms with Gasteiger partial charge >= 0.3 is 0 Å². The number of nitrogens with one attached hydrogen (secondary N) is 1. The summed E-state index contributed by atoms with van der Waals surface area (Å²) in [6, 6.07) is 18.4. The highest BCUT2D eigenvalue weighted by Crippen LogP contribution is 2.32. The molecule has 39 heavy (non-hydrogen) atoms. The number of rotatable bonds is 6. The van der Waals surface area contributed by atoms with E-state index in [4.69, 9.17) is 0 Å². The van der Waals surface area contributed by atoms with Crippen molar-refractivity contribution in [3.63, 3.8) is 0 Å². The van der Waals surface area contributed by atoms with Gasteiger partial charge in [-0.1, -0.05) is 52.3 Å². The summed E-state index contributed by atoms with van der Waals surface area (Å²) in [5, 5.41) is 12.5. The molecule has 3 aromatic carbocycles. The minimum Gasteiger partial charge on any atom is -0.508 e. The number of aryl methyl sites for hydroxylation is 1. The monoisotopic (exact) mass is 589 g/mol. The van der Waals surface area contributed by atoms with Crippen molar-refractivity contribution in [2.45, 2.75) is 37.9 Å². The van der Waals surface area contributed by atoms with Crippen LogP contribution in [0.15, 0.2) is 77.3 Å². The zero-order chi connectivity index (χ0) is 27.7. The number of carbonyl (C=O) groups is 4. The lowest BCUT2D eigenvalue weighted by Crippen LogP contribution is -2.53. The maximum absolute atomic E-state index is 13.9. The van der Waals surface area contributed by atoms with E-state index in [-0.39, 0.29) is 36.3 Å². The van der Waals surface area contributed by atoms with E-state index >= 15 is 0 Å². The molecule has 0 radical (unpaired) electrons. The number of nitrogens with zero attached hydrogens (tertiary/aromatic N) is 2. The van der Waals surface area contributed by atoms with Gasteiger partial charge in [-0.25, -0.2) is 0 Å². The molecule has 8 nitrogen and oxygen atoms in total. The molecule has 1 unspecified atom stereocenters. The minimum absolute atomic E-state index is 0.0562. The summed E-state index contributed by atoms with van der Waals surface area (Å²) in [4.78, 5) is 56.7. The summed E-state index contributed by atoms with van der Waals surface area (Å²) in [7, 11) is 0. The van der Waals surface area contributed by atoms with Crippen LogP contribution in [-0.4, -0.2) is 69.6 Å². The maximum Gasteiger partial charge on any atom is 0.254 e. The maximum atomic E-state index is 13.9. The Morgan fingerprint density at radius 2 is 1.77 bits per heavy atom. The smallest absolute Gasteiger partial charge is 0.254 e. The van der Waals surface area contributed by atoms with Gasteiger partial charge in [-0.15, -0.1) is 0 Å². The third-order valence-corrected chi connectivity index (χ3v) is 7.90. The van der Waals surface area contributed by atoms with E-state index in [1.54, 1.807) is 53.4 Å². The summed E-state index contributed by atoms with van der Waals surface area (Å²) < 4.78 is 0.730. The lowest BCUT2D eigenvalue weighted by atomic mass is 10.0. The van der Waals surface area contributed by atoms with E-state index in [9.17, 15) is 24.3 Å². The Labute approximate surface area is 234 Å². The van der Waals surface area contributed by atoms with Crippen LogP contribution in [0.3, 0.4) is 0 Å². The molecule has 2 N–H and O–H groups in total. The number of phenols is 1. The van der Waals surface area contributed by atoms with Gasteiger partial charge in [0.05, 0.1) is 12.6 Å². The highest BCUT2D eigenvalue weighted by Gasteiger charge is 2.52. The number of ketones is 1. The molecule has 3 atom stereocenters. The number of likely N-dealkylation sites (tertiary alicyclic amines) is 2. The van der Waals surface area contributed by atoms with Gasteiger partial charge in [-0.2, -0.15) is 0 Å². The Morgan fingerprint density at radius 1 is 1.03 bits per heavy atom. The second kappa shape index (κ2) is 11.0. The van der Waals surface area contributed by atoms with Gasteiger partial charge in [-0.3, -0.25) is 19.2 Å². The number of hydrogen-bond acceptors (Lipinski definition) is 5. The Bertz CT molecular complexity index is 1440. The van der Waals surface area contributed by atoms with Crippen molar-refractivity contribution < 1.29 is 24.3 Å². The number of aromatic hydroxyl groups is 1. The largest absolute Gasteiger partial charge is 0.508 e. The average molecular weight is 590 g/mol. The highest BCUT2D eigenvalue weighted by atomic mass is 79.9. The van der Waals surface area contributed by atoms with E-state index in [1.807, 2.05) is 19.1 Å². The van der Waals surface area contributed by atoms with Gasteiger partial charge in [-0.05, 0) is 60.9 Å². The summed E-state index contributed by atoms with van der Waals surface area (Å²) in [5.41, 5.74) is 2.50. The molecule has 3 amide bonds. The lowest BCUT2D eigenvalue weighted by molar-refractivity contribution is -0.138. The van der Waals surface area contributed by atoms with Crippen LogP contribution in [0.5, 0.6) is 5.75 Å². The topological polar surface area (TPSA) is 107 Å². The van der Waals surface area contributed by atoms with E-state index in [0.29, 0.717) is 24.1 Å². The van der Waals surface area contributed by atoms with Crippen LogP contribution >= 0.6 is 15.9 Å². The van der Waals surface area contributed by atoms with Gasteiger partial charge in [0.25, 0.3) is 11.8 Å². The Hall–Kier alpha value is -3.98. The third kappa shape index (κ3) is 5.45. The fourth-order valence-corrected chi connectivity index (χ4v) is 5.85. The first-order valence-electron chi connectivity index (χ1n) is 12.8. The summed E-state index contributed by atoms with van der Waals surface area (Å²) in [6.07, 6.45) is 0.651. The number of halogens is 1. The van der Waals surface area contributed by atoms with Crippen molar-refractivity contribution in [1.29, 1.82) is 0 Å². The fourth-order valence-electron chi connectivity index (χ4n) is 5.45. The van der Waals surface area contributed by atoms with Gasteiger partial charge in [0.2, 0.25) is 5.91 Å². The quantitative estimate of drug-likeness (QED) is 0.457. The predicted molar refractivity (Wildman–Crippen MR) is 148 cm³/mol. The summed E-state index contributed by atoms with van der Waals surface area (Å²) in [5.74, 6) is -1.10. The SMILES string of the molecule is Cc1ccccc1C(=O)N1CC(=O)[C@@H]2C1CCN2C(=O)[C@H](Cc1ccc(O)cc1)NC(=O)c1cccc(Br)c1. The molecule has 2 heterocycles. The molecule has 2 fully saturated rings. The molecule has 2 aliphatic heterocycles. The molecule has 0 aromatic heterocycles. The number of benzene rings is 3. The first kappa shape index (κ1) is 26.6. The second-order valence-electron chi connectivity index (χ2n) is 9.95. The molecular formula is C30H28BrN3O5. The van der Waals surface area contributed by atoms with Gasteiger partial charge in [0, 0.05) is 28.6 Å². The zero-order valence-corrected chi connectivity index (χ0v) is 22.9. The van der Waals surface area contributed by atoms with Crippen LogP contribution < -0.4 is 5.32 Å². The van der Waals surface area contributed by atoms with Crippen LogP contribution in [0.1, 0.15) is 38.3 Å². The summed E-state index contributed by atoms with van der Waals surface area (Å²) in [6.45, 7) is 2.10. The van der Waals surface area contributed by atoms with Crippen molar-refractivity contribution in [1.82, 2.24) is 15.1 Å². The fraction of sp³-hybridized carbons (Fsp3) is 0.267. The molecule has 2 aliphatic rings. The standard InChI is InChI=1S/C30H28BrN3O5/c1-18-5-2-3-8-23(18)29(38)34-17-26(36)27-25(34)13-14-33(27)30(39)24(15-19-9-11-22(35)12-10-19)32-28(37)20-6-4-7-21(31)16-20/h2-12,16,24-25,27,35H,13-15,17H2,1H3,(H,32,37)/t24-,25?,27-/m0/s1. The Balaban J connectivity index is 1.39. The lowest BCUT2D eigenvalue weighted by Gasteiger charge is -2.28. The van der Waals surface area contributed by atoms with E-state index in [1.165, 1.54) is 17.0 Å². The Kier molecular flexibility index (Phi) is 7.52. The first-order valence-corrected chi connectivity index (χ1v) is 13.6. The van der Waals surface area contributed by atoms with Crippen molar-refractivity contribution in [3.8, 4) is 5.75 Å². The number of Topliss-reactive ketones (excluding diaryl/α,β-unsaturated/α-hetero) is 1. The van der Waals surface area contributed by atoms with E-state index in [2.05, 4.69) is 21.2 Å². The van der Waals surface area contributed by atoms with Crippen molar-refractivity contribution in [3.05, 3.63) is 99.5 Å². The number of phenolic OH excluding ortho intramolecular Hbond substituents is 1. The highest BCUT2D eigenvalue weighted by molar-refractivity contribution is 9.10. The van der Waals surface area contributed by atoms with Crippen molar-refractivity contribution >= 4 is 39.4 Å². The predicted octanol–water partition coefficient (Wildman–Crippen LogP) is 3.50. The van der Waals surface area contributed by atoms with Gasteiger partial charge in [0.1, 0.15) is 17.8 Å². The molecule has 0 aliphatic carbocycles. The van der Waals surface area contributed by atoms with Crippen LogP contribution in [0.25, 0.3) is 0 Å². The summed E-state index contributed by atoms with van der Waals surface area (Å²) >= 11 is 3.37. The number of carbonyl (C=O) groups excluding carboxylic acids is 4. The van der Waals surface area contributed by atoms with E-state index < -0.39 is 24.0 Å². The molecule has 0 spiro atoms. The molecule has 2 saturated heterocycles. The van der Waals surface area contributed by atoms with Crippen LogP contribution in [0, 0.1) is 6.92 Å².